The van der Waals surface area contributed by atoms with Crippen molar-refractivity contribution in [2.45, 2.75) is 31.6 Å². The average molecular weight is 466 g/mol. The standard InChI is InChI=1S/C26H31N3O5/c30-18-28-10-8-23(17-28)34-22-5-6-24-25(13-22)33-12-11-29(26(24)32)16-21(31)15-27-9-7-19-3-1-2-4-20(19)14-27/h1-6,13,18,21,23,31H,7-12,14-17H2. The Labute approximate surface area is 199 Å². The van der Waals surface area contributed by atoms with Crippen molar-refractivity contribution < 1.29 is 24.2 Å². The number of aliphatic hydroxyl groups is 1. The van der Waals surface area contributed by atoms with Gasteiger partial charge in [0.05, 0.1) is 24.8 Å². The summed E-state index contributed by atoms with van der Waals surface area (Å²) in [5, 5.41) is 10.8. The van der Waals surface area contributed by atoms with Crippen molar-refractivity contribution in [1.82, 2.24) is 14.7 Å². The first-order valence-corrected chi connectivity index (χ1v) is 12.0. The molecule has 0 radical (unpaired) electrons. The van der Waals surface area contributed by atoms with E-state index in [9.17, 15) is 14.7 Å². The first-order valence-electron chi connectivity index (χ1n) is 12.0. The fourth-order valence-corrected chi connectivity index (χ4v) is 5.04. The number of carbonyl (C=O) groups excluding carboxylic acids is 2. The number of likely N-dealkylation sites (tertiary alicyclic amines) is 1. The molecule has 1 N–H and O–H groups in total. The average Bonchev–Trinajstić information content (AvgIpc) is 3.24. The summed E-state index contributed by atoms with van der Waals surface area (Å²) in [5.74, 6) is 0.982. The summed E-state index contributed by atoms with van der Waals surface area (Å²) < 4.78 is 11.9. The van der Waals surface area contributed by atoms with Gasteiger partial charge in [0.2, 0.25) is 6.41 Å². The SMILES string of the molecule is O=CN1CCC(Oc2ccc3c(c2)OCCN(CC(O)CN2CCc4ccccc4C2)C3=O)C1. The lowest BCUT2D eigenvalue weighted by atomic mass is 10.00. The summed E-state index contributed by atoms with van der Waals surface area (Å²) in [6.07, 6.45) is 1.91. The second-order valence-corrected chi connectivity index (χ2v) is 9.29. The number of rotatable bonds is 7. The number of amides is 2. The molecule has 180 valence electrons. The van der Waals surface area contributed by atoms with Gasteiger partial charge in [-0.3, -0.25) is 14.5 Å². The summed E-state index contributed by atoms with van der Waals surface area (Å²) in [5.41, 5.74) is 3.16. The zero-order valence-corrected chi connectivity index (χ0v) is 19.3. The zero-order valence-electron chi connectivity index (χ0n) is 19.3. The second-order valence-electron chi connectivity index (χ2n) is 9.29. The number of nitrogens with zero attached hydrogens (tertiary/aromatic N) is 3. The van der Waals surface area contributed by atoms with E-state index >= 15 is 0 Å². The molecule has 2 unspecified atom stereocenters. The molecule has 0 spiro atoms. The highest BCUT2D eigenvalue weighted by molar-refractivity contribution is 5.97. The lowest BCUT2D eigenvalue weighted by molar-refractivity contribution is -0.117. The molecule has 2 aromatic rings. The molecule has 0 bridgehead atoms. The van der Waals surface area contributed by atoms with E-state index in [4.69, 9.17) is 9.47 Å². The van der Waals surface area contributed by atoms with Crippen molar-refractivity contribution >= 4 is 12.3 Å². The maximum Gasteiger partial charge on any atom is 0.257 e. The highest BCUT2D eigenvalue weighted by Gasteiger charge is 2.28. The van der Waals surface area contributed by atoms with Crippen molar-refractivity contribution in [2.24, 2.45) is 0 Å². The number of hydrogen-bond acceptors (Lipinski definition) is 6. The normalized spacial score (nSPS) is 21.3. The van der Waals surface area contributed by atoms with Gasteiger partial charge in [-0.15, -0.1) is 0 Å². The van der Waals surface area contributed by atoms with Gasteiger partial charge < -0.3 is 24.4 Å². The van der Waals surface area contributed by atoms with Crippen molar-refractivity contribution in [1.29, 1.82) is 0 Å². The summed E-state index contributed by atoms with van der Waals surface area (Å²) in [6.45, 7) is 4.54. The van der Waals surface area contributed by atoms with E-state index in [1.54, 1.807) is 28.0 Å². The Morgan fingerprint density at radius 1 is 1.12 bits per heavy atom. The van der Waals surface area contributed by atoms with Gasteiger partial charge in [0.1, 0.15) is 24.2 Å². The van der Waals surface area contributed by atoms with Gasteiger partial charge in [-0.25, -0.2) is 0 Å². The number of aliphatic hydroxyl groups excluding tert-OH is 1. The Hall–Kier alpha value is -3.10. The molecule has 3 aliphatic rings. The molecule has 2 amide bonds. The van der Waals surface area contributed by atoms with Crippen LogP contribution < -0.4 is 9.47 Å². The lowest BCUT2D eigenvalue weighted by Crippen LogP contribution is -2.44. The topological polar surface area (TPSA) is 82.6 Å². The number of ether oxygens (including phenoxy) is 2. The summed E-state index contributed by atoms with van der Waals surface area (Å²) in [7, 11) is 0. The molecule has 8 heteroatoms. The fourth-order valence-electron chi connectivity index (χ4n) is 5.04. The van der Waals surface area contributed by atoms with Crippen LogP contribution in [0.2, 0.25) is 0 Å². The van der Waals surface area contributed by atoms with E-state index < -0.39 is 6.10 Å². The van der Waals surface area contributed by atoms with Gasteiger partial charge in [-0.1, -0.05) is 24.3 Å². The molecular formula is C26H31N3O5. The second kappa shape index (κ2) is 10.0. The molecule has 5 rings (SSSR count). The van der Waals surface area contributed by atoms with E-state index in [1.165, 1.54) is 11.1 Å². The molecule has 1 saturated heterocycles. The summed E-state index contributed by atoms with van der Waals surface area (Å²) in [4.78, 5) is 29.7. The zero-order chi connectivity index (χ0) is 23.5. The minimum absolute atomic E-state index is 0.0573. The van der Waals surface area contributed by atoms with E-state index in [2.05, 4.69) is 29.2 Å². The number of hydrogen-bond donors (Lipinski definition) is 1. The van der Waals surface area contributed by atoms with E-state index in [0.717, 1.165) is 32.3 Å². The Balaban J connectivity index is 1.19. The highest BCUT2D eigenvalue weighted by Crippen LogP contribution is 2.29. The van der Waals surface area contributed by atoms with E-state index in [-0.39, 0.29) is 18.6 Å². The number of β-amino-alcohol motifs (C(OH)–C–C–N with tert-alkyl or cyclic N) is 1. The number of fused-ring (bicyclic) bond motifs is 2. The number of benzene rings is 2. The van der Waals surface area contributed by atoms with Crippen LogP contribution in [0.5, 0.6) is 11.5 Å². The highest BCUT2D eigenvalue weighted by atomic mass is 16.5. The third-order valence-electron chi connectivity index (χ3n) is 6.83. The van der Waals surface area contributed by atoms with Crippen molar-refractivity contribution in [3.05, 3.63) is 59.2 Å². The van der Waals surface area contributed by atoms with Crippen LogP contribution in [0.1, 0.15) is 27.9 Å². The maximum atomic E-state index is 13.2. The molecule has 34 heavy (non-hydrogen) atoms. The lowest BCUT2D eigenvalue weighted by Gasteiger charge is -2.32. The van der Waals surface area contributed by atoms with E-state index in [1.807, 2.05) is 0 Å². The molecule has 3 heterocycles. The first-order chi connectivity index (χ1) is 16.6. The quantitative estimate of drug-likeness (QED) is 0.625. The first kappa shape index (κ1) is 22.7. The third-order valence-corrected chi connectivity index (χ3v) is 6.83. The molecule has 3 aliphatic heterocycles. The van der Waals surface area contributed by atoms with Gasteiger partial charge in [0, 0.05) is 45.2 Å². The molecule has 0 aliphatic carbocycles. The number of carbonyl (C=O) groups is 2. The molecule has 0 saturated carbocycles. The van der Waals surface area contributed by atoms with Crippen LogP contribution in [0, 0.1) is 0 Å². The van der Waals surface area contributed by atoms with Crippen molar-refractivity contribution in [3.8, 4) is 11.5 Å². The van der Waals surface area contributed by atoms with Crippen molar-refractivity contribution in [2.75, 3.05) is 45.9 Å². The van der Waals surface area contributed by atoms with Crippen LogP contribution in [-0.2, 0) is 17.8 Å². The van der Waals surface area contributed by atoms with Crippen LogP contribution in [0.15, 0.2) is 42.5 Å². The molecule has 8 nitrogen and oxygen atoms in total. The molecular weight excluding hydrogens is 434 g/mol. The minimum atomic E-state index is -0.637. The molecule has 1 fully saturated rings. The largest absolute Gasteiger partial charge is 0.491 e. The minimum Gasteiger partial charge on any atom is -0.491 e. The summed E-state index contributed by atoms with van der Waals surface area (Å²) >= 11 is 0. The van der Waals surface area contributed by atoms with Crippen LogP contribution in [0.4, 0.5) is 0 Å². The fraction of sp³-hybridized carbons (Fsp3) is 0.462. The Morgan fingerprint density at radius 3 is 2.79 bits per heavy atom. The molecule has 2 atom stereocenters. The van der Waals surface area contributed by atoms with Gasteiger partial charge >= 0.3 is 0 Å². The van der Waals surface area contributed by atoms with Crippen LogP contribution in [0.3, 0.4) is 0 Å². The van der Waals surface area contributed by atoms with Gasteiger partial charge in [0.15, 0.2) is 0 Å². The summed E-state index contributed by atoms with van der Waals surface area (Å²) in [6, 6.07) is 13.7. The predicted molar refractivity (Wildman–Crippen MR) is 126 cm³/mol. The van der Waals surface area contributed by atoms with Crippen molar-refractivity contribution in [3.63, 3.8) is 0 Å². The van der Waals surface area contributed by atoms with Crippen LogP contribution >= 0.6 is 0 Å². The molecule has 2 aromatic carbocycles. The van der Waals surface area contributed by atoms with Gasteiger partial charge in [0.25, 0.3) is 5.91 Å². The third kappa shape index (κ3) is 5.03. The van der Waals surface area contributed by atoms with Crippen LogP contribution in [0.25, 0.3) is 0 Å². The van der Waals surface area contributed by atoms with Gasteiger partial charge in [-0.2, -0.15) is 0 Å². The van der Waals surface area contributed by atoms with E-state index in [0.29, 0.717) is 49.8 Å². The maximum absolute atomic E-state index is 13.2. The van der Waals surface area contributed by atoms with Crippen LogP contribution in [-0.4, -0.2) is 90.2 Å². The Bertz CT molecular complexity index is 1040. The predicted octanol–water partition coefficient (Wildman–Crippen LogP) is 1.55. The molecule has 0 aromatic heterocycles. The Morgan fingerprint density at radius 2 is 1.97 bits per heavy atom. The smallest absolute Gasteiger partial charge is 0.257 e. The Kier molecular flexibility index (Phi) is 6.69. The monoisotopic (exact) mass is 465 g/mol. The van der Waals surface area contributed by atoms with Gasteiger partial charge in [-0.05, 0) is 29.7 Å².